The van der Waals surface area contributed by atoms with Gasteiger partial charge in [0.15, 0.2) is 0 Å². The molecule has 0 unspecified atom stereocenters. The number of aryl methyl sites for hydroxylation is 2. The minimum atomic E-state index is -3.60. The van der Waals surface area contributed by atoms with Crippen LogP contribution in [-0.4, -0.2) is 47.2 Å². The summed E-state index contributed by atoms with van der Waals surface area (Å²) in [6.45, 7) is 6.94. The number of imidazole rings is 1. The molecule has 1 amide bonds. The number of primary amides is 1. The fourth-order valence-corrected chi connectivity index (χ4v) is 5.16. The molecule has 0 radical (unpaired) electrons. The van der Waals surface area contributed by atoms with Gasteiger partial charge in [-0.15, -0.1) is 0 Å². The van der Waals surface area contributed by atoms with E-state index < -0.39 is 21.9 Å². The first kappa shape index (κ1) is 24.4. The van der Waals surface area contributed by atoms with Crippen molar-refractivity contribution >= 4 is 32.9 Å². The van der Waals surface area contributed by atoms with Crippen molar-refractivity contribution in [2.24, 2.45) is 5.73 Å². The van der Waals surface area contributed by atoms with Crippen LogP contribution in [0.15, 0.2) is 47.4 Å². The molecule has 0 saturated heterocycles. The first-order valence-electron chi connectivity index (χ1n) is 10.8. The van der Waals surface area contributed by atoms with Gasteiger partial charge in [0.05, 0.1) is 22.3 Å². The van der Waals surface area contributed by atoms with E-state index in [1.807, 2.05) is 11.5 Å². The van der Waals surface area contributed by atoms with Crippen LogP contribution in [0.5, 0.6) is 5.75 Å². The summed E-state index contributed by atoms with van der Waals surface area (Å²) in [6, 6.07) is 11.0. The molecule has 0 aliphatic heterocycles. The molecule has 0 atom stereocenters. The number of benzene rings is 2. The average Bonchev–Trinajstić information content (AvgIpc) is 3.15. The second-order valence-electron chi connectivity index (χ2n) is 7.38. The van der Waals surface area contributed by atoms with Crippen LogP contribution >= 0.6 is 0 Å². The molecule has 2 aromatic carbocycles. The third-order valence-corrected chi connectivity index (χ3v) is 7.41. The van der Waals surface area contributed by atoms with Crippen LogP contribution in [0, 0.1) is 0 Å². The summed E-state index contributed by atoms with van der Waals surface area (Å²) in [6.07, 6.45) is 0.379. The maximum absolute atomic E-state index is 12.9. The predicted molar refractivity (Wildman–Crippen MR) is 124 cm³/mol. The van der Waals surface area contributed by atoms with Gasteiger partial charge in [-0.3, -0.25) is 9.59 Å². The Morgan fingerprint density at radius 1 is 1.09 bits per heavy atom. The van der Waals surface area contributed by atoms with Crippen molar-refractivity contribution in [2.75, 3.05) is 13.1 Å². The van der Waals surface area contributed by atoms with Crippen LogP contribution < -0.4 is 10.5 Å². The van der Waals surface area contributed by atoms with Crippen molar-refractivity contribution in [3.63, 3.8) is 0 Å². The van der Waals surface area contributed by atoms with Gasteiger partial charge in [-0.05, 0) is 43.3 Å². The Balaban J connectivity index is 1.80. The molecule has 1 heterocycles. The van der Waals surface area contributed by atoms with E-state index in [0.29, 0.717) is 37.4 Å². The number of hydrogen-bond acceptors (Lipinski definition) is 6. The third kappa shape index (κ3) is 5.23. The van der Waals surface area contributed by atoms with Gasteiger partial charge in [-0.1, -0.05) is 19.9 Å². The zero-order chi connectivity index (χ0) is 24.2. The molecule has 0 fully saturated rings. The Bertz CT molecular complexity index is 1280. The largest absolute Gasteiger partial charge is 0.426 e. The van der Waals surface area contributed by atoms with Crippen LogP contribution in [0.2, 0.25) is 0 Å². The van der Waals surface area contributed by atoms with Crippen LogP contribution in [0.1, 0.15) is 43.4 Å². The van der Waals surface area contributed by atoms with Gasteiger partial charge in [0.2, 0.25) is 15.9 Å². The topological polar surface area (TPSA) is 125 Å². The van der Waals surface area contributed by atoms with E-state index in [-0.39, 0.29) is 22.6 Å². The molecular formula is C23H28N4O5S. The quantitative estimate of drug-likeness (QED) is 0.357. The normalized spacial score (nSPS) is 11.8. The van der Waals surface area contributed by atoms with E-state index in [1.54, 1.807) is 44.2 Å². The van der Waals surface area contributed by atoms with Gasteiger partial charge in [0.25, 0.3) is 0 Å². The second kappa shape index (κ2) is 10.1. The number of carbonyl (C=O) groups excluding carboxylic acids is 2. The Morgan fingerprint density at radius 3 is 2.45 bits per heavy atom. The minimum Gasteiger partial charge on any atom is -0.426 e. The summed E-state index contributed by atoms with van der Waals surface area (Å²) in [7, 11) is -3.60. The fourth-order valence-electron chi connectivity index (χ4n) is 3.69. The molecule has 0 aliphatic rings. The first-order chi connectivity index (χ1) is 15.7. The summed E-state index contributed by atoms with van der Waals surface area (Å²) in [5, 5.41) is 0. The number of hydrogen-bond donors (Lipinski definition) is 1. The van der Waals surface area contributed by atoms with E-state index in [1.165, 1.54) is 16.4 Å². The molecule has 0 saturated carbocycles. The van der Waals surface area contributed by atoms with Crippen molar-refractivity contribution in [3.8, 4) is 5.75 Å². The van der Waals surface area contributed by atoms with Crippen LogP contribution in [0.3, 0.4) is 0 Å². The predicted octanol–water partition coefficient (Wildman–Crippen LogP) is 2.72. The smallest absolute Gasteiger partial charge is 0.311 e. The Morgan fingerprint density at radius 2 is 1.82 bits per heavy atom. The van der Waals surface area contributed by atoms with E-state index in [4.69, 9.17) is 10.5 Å². The number of nitrogens with two attached hydrogens (primary N) is 1. The second-order valence-corrected chi connectivity index (χ2v) is 9.32. The summed E-state index contributed by atoms with van der Waals surface area (Å²) < 4.78 is 34.4. The van der Waals surface area contributed by atoms with Crippen LogP contribution in [-0.2, 0) is 27.8 Å². The molecule has 33 heavy (non-hydrogen) atoms. The van der Waals surface area contributed by atoms with E-state index in [9.17, 15) is 18.0 Å². The third-order valence-electron chi connectivity index (χ3n) is 5.36. The zero-order valence-corrected chi connectivity index (χ0v) is 19.8. The maximum atomic E-state index is 12.9. The number of amides is 1. The van der Waals surface area contributed by atoms with Crippen LogP contribution in [0.25, 0.3) is 11.0 Å². The van der Waals surface area contributed by atoms with Gasteiger partial charge < -0.3 is 15.0 Å². The standard InChI is InChI=1S/C23H28N4O5S/c1-4-26(5-2)33(30,31)18-10-11-20-19(15-18)25-21(27(20)6-3)12-13-22(28)32-17-9-7-8-16(14-17)23(24)29/h7-11,14-15H,4-6,12-13H2,1-3H3,(H2,24,29). The first-order valence-corrected chi connectivity index (χ1v) is 12.2. The van der Waals surface area contributed by atoms with Gasteiger partial charge in [0.1, 0.15) is 11.6 Å². The van der Waals surface area contributed by atoms with Crippen molar-refractivity contribution in [2.45, 2.75) is 45.1 Å². The Labute approximate surface area is 193 Å². The number of fused-ring (bicyclic) bond motifs is 1. The number of esters is 1. The molecule has 2 N–H and O–H groups in total. The van der Waals surface area contributed by atoms with Crippen LogP contribution in [0.4, 0.5) is 0 Å². The number of rotatable bonds is 10. The summed E-state index contributed by atoms with van der Waals surface area (Å²) >= 11 is 0. The lowest BCUT2D eigenvalue weighted by atomic mass is 10.2. The fraction of sp³-hybridized carbons (Fsp3) is 0.348. The highest BCUT2D eigenvalue weighted by atomic mass is 32.2. The lowest BCUT2D eigenvalue weighted by Gasteiger charge is -2.18. The molecule has 9 nitrogen and oxygen atoms in total. The van der Waals surface area contributed by atoms with E-state index >= 15 is 0 Å². The van der Waals surface area contributed by atoms with Gasteiger partial charge in [0, 0.05) is 31.6 Å². The van der Waals surface area contributed by atoms with Crippen molar-refractivity contribution < 1.29 is 22.7 Å². The van der Waals surface area contributed by atoms with Gasteiger partial charge in [-0.2, -0.15) is 4.31 Å². The molecule has 10 heteroatoms. The Kier molecular flexibility index (Phi) is 7.50. The molecule has 1 aromatic heterocycles. The highest BCUT2D eigenvalue weighted by Crippen LogP contribution is 2.24. The average molecular weight is 473 g/mol. The Hall–Kier alpha value is -3.24. The molecule has 0 bridgehead atoms. The molecule has 0 aliphatic carbocycles. The minimum absolute atomic E-state index is 0.0642. The molecule has 3 aromatic rings. The van der Waals surface area contributed by atoms with Crippen molar-refractivity contribution in [3.05, 3.63) is 53.9 Å². The monoisotopic (exact) mass is 472 g/mol. The van der Waals surface area contributed by atoms with E-state index in [2.05, 4.69) is 4.98 Å². The highest BCUT2D eigenvalue weighted by Gasteiger charge is 2.23. The molecule has 0 spiro atoms. The molecule has 176 valence electrons. The maximum Gasteiger partial charge on any atom is 0.311 e. The number of carbonyl (C=O) groups is 2. The number of nitrogens with zero attached hydrogens (tertiary/aromatic N) is 3. The van der Waals surface area contributed by atoms with Gasteiger partial charge >= 0.3 is 5.97 Å². The number of ether oxygens (including phenoxy) is 1. The number of aromatic nitrogens is 2. The van der Waals surface area contributed by atoms with Crippen molar-refractivity contribution in [1.82, 2.24) is 13.9 Å². The zero-order valence-electron chi connectivity index (χ0n) is 18.9. The lowest BCUT2D eigenvalue weighted by molar-refractivity contribution is -0.134. The van der Waals surface area contributed by atoms with Crippen molar-refractivity contribution in [1.29, 1.82) is 0 Å². The summed E-state index contributed by atoms with van der Waals surface area (Å²) in [5.74, 6) is -0.178. The lowest BCUT2D eigenvalue weighted by Crippen LogP contribution is -2.30. The SMILES string of the molecule is CCN(CC)S(=O)(=O)c1ccc2c(c1)nc(CCC(=O)Oc1cccc(C(N)=O)c1)n2CC. The van der Waals surface area contributed by atoms with E-state index in [0.717, 1.165) is 5.52 Å². The summed E-state index contributed by atoms with van der Waals surface area (Å²) in [5.41, 5.74) is 6.87. The van der Waals surface area contributed by atoms with Gasteiger partial charge in [-0.25, -0.2) is 13.4 Å². The highest BCUT2D eigenvalue weighted by molar-refractivity contribution is 7.89. The molecule has 3 rings (SSSR count). The molecular weight excluding hydrogens is 444 g/mol. The number of sulfonamides is 1. The summed E-state index contributed by atoms with van der Waals surface area (Å²) in [4.78, 5) is 28.4.